The summed E-state index contributed by atoms with van der Waals surface area (Å²) in [6, 6.07) is 10.5. The highest BCUT2D eigenvalue weighted by atomic mass is 127. The van der Waals surface area contributed by atoms with Crippen LogP contribution in [0, 0.1) is 0 Å². The lowest BCUT2D eigenvalue weighted by molar-refractivity contribution is 0.331. The van der Waals surface area contributed by atoms with Crippen LogP contribution in [0.3, 0.4) is 0 Å². The second-order valence-corrected chi connectivity index (χ2v) is 7.27. The van der Waals surface area contributed by atoms with Gasteiger partial charge in [-0.15, -0.1) is 35.7 Å². The molecule has 2 N–H and O–H groups in total. The Kier molecular flexibility index (Phi) is 13.2. The minimum Gasteiger partial charge on any atom is -0.357 e. The molecule has 1 aliphatic rings. The fraction of sp³-hybridized carbons (Fsp3) is 0.632. The number of hydrogen-bond acceptors (Lipinski definition) is 3. The van der Waals surface area contributed by atoms with Gasteiger partial charge in [0.05, 0.1) is 0 Å². The summed E-state index contributed by atoms with van der Waals surface area (Å²) in [5, 5.41) is 6.76. The highest BCUT2D eigenvalue weighted by Crippen LogP contribution is 2.15. The quantitative estimate of drug-likeness (QED) is 0.177. The maximum absolute atomic E-state index is 4.69. The first-order chi connectivity index (χ1) is 11.9. The maximum Gasteiger partial charge on any atom is 0.191 e. The second kappa shape index (κ2) is 14.7. The molecule has 1 aliphatic heterocycles. The van der Waals surface area contributed by atoms with Gasteiger partial charge in [0.1, 0.15) is 0 Å². The first-order valence-corrected chi connectivity index (χ1v) is 10.3. The minimum absolute atomic E-state index is 0. The van der Waals surface area contributed by atoms with Crippen molar-refractivity contribution in [3.8, 4) is 0 Å². The summed E-state index contributed by atoms with van der Waals surface area (Å²) in [5.41, 5.74) is 0. The van der Waals surface area contributed by atoms with Crippen LogP contribution in [0.25, 0.3) is 0 Å². The molecule has 0 saturated carbocycles. The van der Waals surface area contributed by atoms with Gasteiger partial charge in [-0.25, -0.2) is 0 Å². The van der Waals surface area contributed by atoms with E-state index in [1.807, 2.05) is 11.8 Å². The Bertz CT molecular complexity index is 464. The largest absolute Gasteiger partial charge is 0.357 e. The molecule has 25 heavy (non-hydrogen) atoms. The van der Waals surface area contributed by atoms with Crippen molar-refractivity contribution in [3.63, 3.8) is 0 Å². The minimum atomic E-state index is 0. The fourth-order valence-corrected chi connectivity index (χ4v) is 3.63. The van der Waals surface area contributed by atoms with Crippen molar-refractivity contribution in [2.45, 2.75) is 37.5 Å². The zero-order valence-electron chi connectivity index (χ0n) is 15.4. The number of benzene rings is 1. The molecule has 0 bridgehead atoms. The molecule has 0 radical (unpaired) electrons. The molecule has 1 saturated heterocycles. The predicted octanol–water partition coefficient (Wildman–Crippen LogP) is 3.83. The number of nitrogens with zero attached hydrogens (tertiary/aromatic N) is 2. The number of halogens is 1. The highest BCUT2D eigenvalue weighted by molar-refractivity contribution is 14.0. The molecule has 6 heteroatoms. The third-order valence-electron chi connectivity index (χ3n) is 4.10. The van der Waals surface area contributed by atoms with Gasteiger partial charge in [0.25, 0.3) is 0 Å². The summed E-state index contributed by atoms with van der Waals surface area (Å²) >= 11 is 1.88. The van der Waals surface area contributed by atoms with Crippen LogP contribution >= 0.6 is 35.7 Å². The zero-order chi connectivity index (χ0) is 16.9. The molecule has 0 aromatic heterocycles. The Hall–Kier alpha value is -0.470. The number of hydrogen-bond donors (Lipinski definition) is 2. The third kappa shape index (κ3) is 10.3. The van der Waals surface area contributed by atoms with Gasteiger partial charge in [0, 0.05) is 30.3 Å². The average Bonchev–Trinajstić information content (AvgIpc) is 3.12. The van der Waals surface area contributed by atoms with Crippen molar-refractivity contribution < 1.29 is 0 Å². The Morgan fingerprint density at radius 2 is 1.88 bits per heavy atom. The van der Waals surface area contributed by atoms with Crippen molar-refractivity contribution in [3.05, 3.63) is 30.3 Å². The second-order valence-electron chi connectivity index (χ2n) is 6.10. The van der Waals surface area contributed by atoms with E-state index in [2.05, 4.69) is 57.8 Å². The van der Waals surface area contributed by atoms with E-state index >= 15 is 0 Å². The lowest BCUT2D eigenvalue weighted by Gasteiger charge is -2.14. The summed E-state index contributed by atoms with van der Waals surface area (Å²) in [6.07, 6.45) is 5.19. The molecule has 1 fully saturated rings. The molecule has 0 spiro atoms. The lowest BCUT2D eigenvalue weighted by Crippen LogP contribution is -2.38. The molecular formula is C19H33IN4S. The zero-order valence-corrected chi connectivity index (χ0v) is 18.5. The molecule has 0 amide bonds. The molecule has 1 aromatic carbocycles. The van der Waals surface area contributed by atoms with E-state index < -0.39 is 0 Å². The van der Waals surface area contributed by atoms with Crippen LogP contribution in [0.5, 0.6) is 0 Å². The summed E-state index contributed by atoms with van der Waals surface area (Å²) in [4.78, 5) is 8.59. The van der Waals surface area contributed by atoms with E-state index in [1.54, 1.807) is 0 Å². The Labute approximate surface area is 174 Å². The molecular weight excluding hydrogens is 443 g/mol. The number of likely N-dealkylation sites (tertiary alicyclic amines) is 1. The molecule has 1 heterocycles. The lowest BCUT2D eigenvalue weighted by atomic mass is 10.3. The molecule has 142 valence electrons. The monoisotopic (exact) mass is 476 g/mol. The first kappa shape index (κ1) is 22.6. The van der Waals surface area contributed by atoms with E-state index in [4.69, 9.17) is 0 Å². The van der Waals surface area contributed by atoms with Gasteiger partial charge in [-0.05, 0) is 64.4 Å². The van der Waals surface area contributed by atoms with Crippen LogP contribution in [0.2, 0.25) is 0 Å². The van der Waals surface area contributed by atoms with Crippen LogP contribution < -0.4 is 10.6 Å². The van der Waals surface area contributed by atoms with Gasteiger partial charge in [-0.1, -0.05) is 18.2 Å². The third-order valence-corrected chi connectivity index (χ3v) is 5.12. The van der Waals surface area contributed by atoms with Crippen LogP contribution in [0.15, 0.2) is 40.2 Å². The standard InChI is InChI=1S/C19H32N4S.HI/c1-2-20-19(21-12-6-7-14-23-15-8-9-16-23)22-13-17-24-18-10-4-3-5-11-18;/h3-5,10-11H,2,6-9,12-17H2,1H3,(H2,20,21,22);1H. The Morgan fingerprint density at radius 3 is 2.60 bits per heavy atom. The van der Waals surface area contributed by atoms with Gasteiger partial charge in [0.15, 0.2) is 5.96 Å². The normalized spacial score (nSPS) is 15.0. The molecule has 0 atom stereocenters. The maximum atomic E-state index is 4.69. The molecule has 2 rings (SSSR count). The Balaban J connectivity index is 0.00000312. The smallest absolute Gasteiger partial charge is 0.191 e. The topological polar surface area (TPSA) is 39.7 Å². The molecule has 1 aromatic rings. The van der Waals surface area contributed by atoms with Crippen LogP contribution in [-0.2, 0) is 0 Å². The average molecular weight is 476 g/mol. The van der Waals surface area contributed by atoms with Gasteiger partial charge >= 0.3 is 0 Å². The molecule has 0 unspecified atom stereocenters. The van der Waals surface area contributed by atoms with Gasteiger partial charge < -0.3 is 15.5 Å². The van der Waals surface area contributed by atoms with E-state index in [0.29, 0.717) is 0 Å². The summed E-state index contributed by atoms with van der Waals surface area (Å²) in [5.74, 6) is 2.00. The van der Waals surface area contributed by atoms with Crippen molar-refractivity contribution >= 4 is 41.7 Å². The van der Waals surface area contributed by atoms with Crippen LogP contribution in [0.1, 0.15) is 32.6 Å². The molecule has 4 nitrogen and oxygen atoms in total. The number of thioether (sulfide) groups is 1. The number of aliphatic imine (C=N–C) groups is 1. The number of rotatable bonds is 10. The van der Waals surface area contributed by atoms with E-state index in [1.165, 1.54) is 50.2 Å². The first-order valence-electron chi connectivity index (χ1n) is 9.31. The van der Waals surface area contributed by atoms with Gasteiger partial charge in [-0.3, -0.25) is 4.99 Å². The summed E-state index contributed by atoms with van der Waals surface area (Å²) in [6.45, 7) is 8.70. The van der Waals surface area contributed by atoms with Crippen molar-refractivity contribution in [1.29, 1.82) is 0 Å². The Morgan fingerprint density at radius 1 is 1.12 bits per heavy atom. The van der Waals surface area contributed by atoms with E-state index in [0.717, 1.165) is 31.3 Å². The molecule has 0 aliphatic carbocycles. The summed E-state index contributed by atoms with van der Waals surface area (Å²) < 4.78 is 0. The van der Waals surface area contributed by atoms with E-state index in [9.17, 15) is 0 Å². The van der Waals surface area contributed by atoms with Crippen molar-refractivity contribution in [2.24, 2.45) is 4.99 Å². The highest BCUT2D eigenvalue weighted by Gasteiger charge is 2.09. The van der Waals surface area contributed by atoms with E-state index in [-0.39, 0.29) is 24.0 Å². The number of guanidine groups is 1. The van der Waals surface area contributed by atoms with Gasteiger partial charge in [0.2, 0.25) is 0 Å². The van der Waals surface area contributed by atoms with Crippen molar-refractivity contribution in [2.75, 3.05) is 45.0 Å². The predicted molar refractivity (Wildman–Crippen MR) is 121 cm³/mol. The van der Waals surface area contributed by atoms with Crippen LogP contribution in [0.4, 0.5) is 0 Å². The van der Waals surface area contributed by atoms with Crippen molar-refractivity contribution in [1.82, 2.24) is 15.5 Å². The fourth-order valence-electron chi connectivity index (χ4n) is 2.84. The van der Waals surface area contributed by atoms with Gasteiger partial charge in [-0.2, -0.15) is 0 Å². The van der Waals surface area contributed by atoms with Crippen LogP contribution in [-0.4, -0.2) is 55.9 Å². The number of unbranched alkanes of at least 4 members (excludes halogenated alkanes) is 1. The number of nitrogens with one attached hydrogen (secondary N) is 2. The summed E-state index contributed by atoms with van der Waals surface area (Å²) in [7, 11) is 0. The SMILES string of the molecule is CCNC(=NCCCCN1CCCC1)NCCSc1ccccc1.I.